The third-order valence-corrected chi connectivity index (χ3v) is 6.08. The highest BCUT2D eigenvalue weighted by molar-refractivity contribution is 9.11. The van der Waals surface area contributed by atoms with E-state index in [4.69, 9.17) is 0 Å². The first-order valence-corrected chi connectivity index (χ1v) is 9.97. The zero-order valence-electron chi connectivity index (χ0n) is 13.9. The predicted octanol–water partition coefficient (Wildman–Crippen LogP) is 4.71. The molecule has 0 bridgehead atoms. The Morgan fingerprint density at radius 3 is 2.50 bits per heavy atom. The minimum atomic E-state index is -2.67. The van der Waals surface area contributed by atoms with Gasteiger partial charge in [-0.15, -0.1) is 11.3 Å². The van der Waals surface area contributed by atoms with E-state index in [-0.39, 0.29) is 0 Å². The van der Waals surface area contributed by atoms with Crippen molar-refractivity contribution in [1.82, 2.24) is 14.9 Å². The summed E-state index contributed by atoms with van der Waals surface area (Å²) in [6.07, 6.45) is -2.67. The van der Waals surface area contributed by atoms with Gasteiger partial charge in [0.1, 0.15) is 5.82 Å². The summed E-state index contributed by atoms with van der Waals surface area (Å²) in [6, 6.07) is 11.6. The first-order valence-electron chi connectivity index (χ1n) is 8.36. The number of benzene rings is 1. The van der Waals surface area contributed by atoms with E-state index < -0.39 is 12.2 Å². The molecule has 1 aliphatic rings. The van der Waals surface area contributed by atoms with Crippen LogP contribution in [0.3, 0.4) is 0 Å². The van der Waals surface area contributed by atoms with Crippen molar-refractivity contribution in [3.63, 3.8) is 0 Å². The normalized spacial score (nSPS) is 15.9. The van der Waals surface area contributed by atoms with Crippen molar-refractivity contribution in [2.24, 2.45) is 0 Å². The van der Waals surface area contributed by atoms with Crippen LogP contribution in [-0.4, -0.2) is 41.0 Å². The number of anilines is 1. The Morgan fingerprint density at radius 1 is 1.04 bits per heavy atom. The highest BCUT2D eigenvalue weighted by Crippen LogP contribution is 2.28. The molecule has 3 aromatic rings. The highest BCUT2D eigenvalue weighted by atomic mass is 79.9. The van der Waals surface area contributed by atoms with Crippen LogP contribution in [0, 0.1) is 0 Å². The minimum absolute atomic E-state index is 0.399. The number of halogens is 3. The molecule has 0 amide bonds. The number of thiophene rings is 1. The number of fused-ring (bicyclic) bond motifs is 1. The van der Waals surface area contributed by atoms with Crippen LogP contribution in [-0.2, 0) is 6.54 Å². The summed E-state index contributed by atoms with van der Waals surface area (Å²) in [5.41, 5.74) is 0.568. The van der Waals surface area contributed by atoms with E-state index in [1.54, 1.807) is 17.4 Å². The standard InChI is InChI=1S/C18H17BrF2N4S/c19-15-6-5-12(26-15)11-24-7-9-25(10-8-24)18-13-3-1-2-4-14(13)22-17(23-18)16(20)21/h1-6,16H,7-11H2. The molecule has 1 aliphatic heterocycles. The van der Waals surface area contributed by atoms with Crippen molar-refractivity contribution < 1.29 is 8.78 Å². The summed E-state index contributed by atoms with van der Waals surface area (Å²) in [5.74, 6) is 0.217. The van der Waals surface area contributed by atoms with Gasteiger partial charge in [-0.1, -0.05) is 12.1 Å². The Bertz CT molecular complexity index is 909. The molecule has 0 atom stereocenters. The fourth-order valence-electron chi connectivity index (χ4n) is 3.19. The monoisotopic (exact) mass is 438 g/mol. The van der Waals surface area contributed by atoms with Gasteiger partial charge < -0.3 is 4.90 Å². The van der Waals surface area contributed by atoms with Crippen LogP contribution in [0.1, 0.15) is 17.1 Å². The molecule has 0 unspecified atom stereocenters. The quantitative estimate of drug-likeness (QED) is 0.590. The first-order chi connectivity index (χ1) is 12.6. The summed E-state index contributed by atoms with van der Waals surface area (Å²) in [5, 5.41) is 0.826. The number of para-hydroxylation sites is 1. The highest BCUT2D eigenvalue weighted by Gasteiger charge is 2.23. The second kappa shape index (κ2) is 7.54. The number of hydrogen-bond donors (Lipinski definition) is 0. The maximum Gasteiger partial charge on any atom is 0.297 e. The van der Waals surface area contributed by atoms with Crippen LogP contribution < -0.4 is 4.90 Å². The van der Waals surface area contributed by atoms with Gasteiger partial charge in [0.2, 0.25) is 0 Å². The van der Waals surface area contributed by atoms with Crippen LogP contribution in [0.2, 0.25) is 0 Å². The number of aromatic nitrogens is 2. The van der Waals surface area contributed by atoms with E-state index in [0.717, 1.165) is 41.9 Å². The van der Waals surface area contributed by atoms with Gasteiger partial charge in [-0.2, -0.15) is 0 Å². The first kappa shape index (κ1) is 17.8. The van der Waals surface area contributed by atoms with E-state index in [1.807, 2.05) is 18.2 Å². The Hall–Kier alpha value is -1.64. The fourth-order valence-corrected chi connectivity index (χ4v) is 4.72. The lowest BCUT2D eigenvalue weighted by molar-refractivity contribution is 0.141. The van der Waals surface area contributed by atoms with Crippen LogP contribution in [0.15, 0.2) is 40.2 Å². The molecule has 4 rings (SSSR count). The van der Waals surface area contributed by atoms with Crippen LogP contribution >= 0.6 is 27.3 Å². The molecule has 0 spiro atoms. The van der Waals surface area contributed by atoms with Crippen molar-refractivity contribution in [2.45, 2.75) is 13.0 Å². The molecule has 1 aromatic carbocycles. The van der Waals surface area contributed by atoms with Gasteiger partial charge in [0.05, 0.1) is 9.30 Å². The summed E-state index contributed by atoms with van der Waals surface area (Å²) >= 11 is 5.24. The van der Waals surface area contributed by atoms with E-state index in [2.05, 4.69) is 47.8 Å². The third-order valence-electron chi connectivity index (χ3n) is 4.48. The van der Waals surface area contributed by atoms with E-state index in [9.17, 15) is 8.78 Å². The molecule has 4 nitrogen and oxygen atoms in total. The van der Waals surface area contributed by atoms with Gasteiger partial charge >= 0.3 is 0 Å². The maximum absolute atomic E-state index is 13.2. The Labute approximate surface area is 162 Å². The van der Waals surface area contributed by atoms with Crippen molar-refractivity contribution >= 4 is 44.0 Å². The summed E-state index contributed by atoms with van der Waals surface area (Å²) in [6.45, 7) is 4.18. The topological polar surface area (TPSA) is 32.3 Å². The lowest BCUT2D eigenvalue weighted by atomic mass is 10.2. The fraction of sp³-hybridized carbons (Fsp3) is 0.333. The summed E-state index contributed by atoms with van der Waals surface area (Å²) in [4.78, 5) is 14.0. The number of piperazine rings is 1. The molecule has 3 heterocycles. The Balaban J connectivity index is 1.53. The number of hydrogen-bond acceptors (Lipinski definition) is 5. The predicted molar refractivity (Wildman–Crippen MR) is 104 cm³/mol. The molecule has 1 saturated heterocycles. The molecular weight excluding hydrogens is 422 g/mol. The number of nitrogens with zero attached hydrogens (tertiary/aromatic N) is 4. The molecule has 2 aromatic heterocycles. The SMILES string of the molecule is FC(F)c1nc(N2CCN(Cc3ccc(Br)s3)CC2)c2ccccc2n1. The second-order valence-electron chi connectivity index (χ2n) is 6.19. The summed E-state index contributed by atoms with van der Waals surface area (Å²) in [7, 11) is 0. The van der Waals surface area contributed by atoms with Crippen molar-refractivity contribution in [3.05, 3.63) is 50.9 Å². The average Bonchev–Trinajstić information content (AvgIpc) is 3.06. The van der Waals surface area contributed by atoms with E-state index >= 15 is 0 Å². The van der Waals surface area contributed by atoms with Gasteiger partial charge in [0.15, 0.2) is 5.82 Å². The lowest BCUT2D eigenvalue weighted by Gasteiger charge is -2.35. The van der Waals surface area contributed by atoms with Crippen molar-refractivity contribution in [1.29, 1.82) is 0 Å². The number of alkyl halides is 2. The van der Waals surface area contributed by atoms with Crippen LogP contribution in [0.5, 0.6) is 0 Å². The van der Waals surface area contributed by atoms with Crippen molar-refractivity contribution in [3.8, 4) is 0 Å². The molecule has 0 saturated carbocycles. The Morgan fingerprint density at radius 2 is 1.81 bits per heavy atom. The molecule has 8 heteroatoms. The molecule has 26 heavy (non-hydrogen) atoms. The second-order valence-corrected chi connectivity index (χ2v) is 8.74. The van der Waals surface area contributed by atoms with Crippen LogP contribution in [0.4, 0.5) is 14.6 Å². The molecule has 1 fully saturated rings. The number of rotatable bonds is 4. The third kappa shape index (κ3) is 3.72. The zero-order chi connectivity index (χ0) is 18.1. The molecule has 0 N–H and O–H groups in total. The average molecular weight is 439 g/mol. The van der Waals surface area contributed by atoms with Crippen molar-refractivity contribution in [2.75, 3.05) is 31.1 Å². The molecule has 136 valence electrons. The smallest absolute Gasteiger partial charge is 0.297 e. The molecule has 0 aliphatic carbocycles. The molecular formula is C18H17BrF2N4S. The lowest BCUT2D eigenvalue weighted by Crippen LogP contribution is -2.46. The maximum atomic E-state index is 13.2. The van der Waals surface area contributed by atoms with Gasteiger partial charge in [-0.05, 0) is 40.2 Å². The zero-order valence-corrected chi connectivity index (χ0v) is 16.3. The van der Waals surface area contributed by atoms with Gasteiger partial charge in [0.25, 0.3) is 6.43 Å². The molecule has 0 radical (unpaired) electrons. The van der Waals surface area contributed by atoms with E-state index in [0.29, 0.717) is 11.3 Å². The van der Waals surface area contributed by atoms with Gasteiger partial charge in [-0.3, -0.25) is 4.90 Å². The van der Waals surface area contributed by atoms with E-state index in [1.165, 1.54) is 4.88 Å². The van der Waals surface area contributed by atoms with Crippen LogP contribution in [0.25, 0.3) is 10.9 Å². The largest absolute Gasteiger partial charge is 0.353 e. The Kier molecular flexibility index (Phi) is 5.15. The van der Waals surface area contributed by atoms with Gasteiger partial charge in [0, 0.05) is 43.0 Å². The summed E-state index contributed by atoms with van der Waals surface area (Å²) < 4.78 is 27.5. The van der Waals surface area contributed by atoms with Gasteiger partial charge in [-0.25, -0.2) is 18.7 Å². The minimum Gasteiger partial charge on any atom is -0.353 e.